The van der Waals surface area contributed by atoms with Crippen LogP contribution in [0.2, 0.25) is 0 Å². The minimum Gasteiger partial charge on any atom is -0.381 e. The minimum absolute atomic E-state index is 0.608. The van der Waals surface area contributed by atoms with Gasteiger partial charge in [-0.15, -0.1) is 11.3 Å². The van der Waals surface area contributed by atoms with E-state index in [0.29, 0.717) is 6.04 Å². The molecule has 0 amide bonds. The van der Waals surface area contributed by atoms with Gasteiger partial charge in [0.15, 0.2) is 0 Å². The summed E-state index contributed by atoms with van der Waals surface area (Å²) in [6.45, 7) is 3.04. The lowest BCUT2D eigenvalue weighted by Crippen LogP contribution is -2.32. The second-order valence-corrected chi connectivity index (χ2v) is 6.30. The first kappa shape index (κ1) is 11.7. The third-order valence-electron chi connectivity index (χ3n) is 3.82. The second kappa shape index (κ2) is 5.51. The Morgan fingerprint density at radius 3 is 3.00 bits per heavy atom. The normalized spacial score (nSPS) is 26.9. The fraction of sp³-hybridized carbons (Fsp3) is 0.714. The van der Waals surface area contributed by atoms with E-state index in [1.54, 1.807) is 0 Å². The molecule has 2 unspecified atom stereocenters. The van der Waals surface area contributed by atoms with Crippen LogP contribution < -0.4 is 5.32 Å². The molecule has 0 spiro atoms. The van der Waals surface area contributed by atoms with Gasteiger partial charge >= 0.3 is 0 Å². The average molecular weight is 251 g/mol. The Morgan fingerprint density at radius 1 is 1.41 bits per heavy atom. The van der Waals surface area contributed by atoms with Crippen LogP contribution in [0.15, 0.2) is 17.5 Å². The fourth-order valence-corrected chi connectivity index (χ4v) is 3.55. The first-order valence-electron chi connectivity index (χ1n) is 6.78. The van der Waals surface area contributed by atoms with Gasteiger partial charge < -0.3 is 10.1 Å². The molecule has 2 atom stereocenters. The summed E-state index contributed by atoms with van der Waals surface area (Å²) >= 11 is 1.89. The van der Waals surface area contributed by atoms with Gasteiger partial charge in [-0.2, -0.15) is 0 Å². The number of ether oxygens (including phenoxy) is 1. The summed E-state index contributed by atoms with van der Waals surface area (Å²) in [5.41, 5.74) is 0. The molecule has 1 aromatic rings. The van der Waals surface area contributed by atoms with Gasteiger partial charge in [-0.1, -0.05) is 6.07 Å². The lowest BCUT2D eigenvalue weighted by atomic mass is 10.0. The highest BCUT2D eigenvalue weighted by atomic mass is 32.1. The molecule has 94 valence electrons. The third-order valence-corrected chi connectivity index (χ3v) is 4.78. The Kier molecular flexibility index (Phi) is 3.79. The van der Waals surface area contributed by atoms with Crippen LogP contribution in [-0.2, 0) is 4.74 Å². The van der Waals surface area contributed by atoms with Crippen molar-refractivity contribution in [2.75, 3.05) is 19.8 Å². The Bertz CT molecular complexity index is 328. The summed E-state index contributed by atoms with van der Waals surface area (Å²) in [4.78, 5) is 1.52. The molecule has 1 N–H and O–H groups in total. The van der Waals surface area contributed by atoms with Crippen LogP contribution in [-0.4, -0.2) is 19.8 Å². The summed E-state index contributed by atoms with van der Waals surface area (Å²) in [6, 6.07) is 5.05. The highest BCUT2D eigenvalue weighted by Gasteiger charge is 2.33. The molecule has 2 nitrogen and oxygen atoms in total. The highest BCUT2D eigenvalue weighted by Crippen LogP contribution is 2.42. The zero-order valence-electron chi connectivity index (χ0n) is 10.2. The van der Waals surface area contributed by atoms with E-state index < -0.39 is 0 Å². The number of rotatable bonds is 5. The Hall–Kier alpha value is -0.380. The molecule has 2 aliphatic rings. The van der Waals surface area contributed by atoms with Crippen LogP contribution >= 0.6 is 11.3 Å². The summed E-state index contributed by atoms with van der Waals surface area (Å²) in [5.74, 6) is 1.61. The van der Waals surface area contributed by atoms with Gasteiger partial charge in [0.1, 0.15) is 0 Å². The molecule has 1 aromatic heterocycles. The fourth-order valence-electron chi connectivity index (χ4n) is 2.66. The highest BCUT2D eigenvalue weighted by molar-refractivity contribution is 7.10. The zero-order valence-corrected chi connectivity index (χ0v) is 11.0. The third kappa shape index (κ3) is 3.09. The molecule has 2 fully saturated rings. The monoisotopic (exact) mass is 251 g/mol. The van der Waals surface area contributed by atoms with Gasteiger partial charge in [-0.05, 0) is 49.0 Å². The molecular formula is C14H21NOS. The SMILES string of the molecule is c1csc(C(NCC2CCCOC2)C2CC2)c1. The van der Waals surface area contributed by atoms with Crippen molar-refractivity contribution in [2.24, 2.45) is 11.8 Å². The lowest BCUT2D eigenvalue weighted by molar-refractivity contribution is 0.0535. The molecule has 0 aromatic carbocycles. The molecule has 0 bridgehead atoms. The average Bonchev–Trinajstić information content (AvgIpc) is 3.06. The standard InChI is InChI=1S/C14H21NOS/c1-3-11(10-16-7-1)9-15-14(12-5-6-12)13-4-2-8-17-13/h2,4,8,11-12,14-15H,1,3,5-7,9-10H2. The summed E-state index contributed by atoms with van der Waals surface area (Å²) < 4.78 is 5.54. The topological polar surface area (TPSA) is 21.3 Å². The largest absolute Gasteiger partial charge is 0.381 e. The molecule has 1 saturated carbocycles. The van der Waals surface area contributed by atoms with Crippen molar-refractivity contribution >= 4 is 11.3 Å². The Labute approximate surface area is 107 Å². The molecule has 3 heteroatoms. The maximum Gasteiger partial charge on any atom is 0.0506 e. The van der Waals surface area contributed by atoms with Crippen LogP contribution in [0.5, 0.6) is 0 Å². The van der Waals surface area contributed by atoms with Gasteiger partial charge in [0.05, 0.1) is 6.61 Å². The van der Waals surface area contributed by atoms with Crippen molar-refractivity contribution in [3.63, 3.8) is 0 Å². The van der Waals surface area contributed by atoms with Crippen LogP contribution in [0, 0.1) is 11.8 Å². The van der Waals surface area contributed by atoms with E-state index in [2.05, 4.69) is 22.8 Å². The van der Waals surface area contributed by atoms with Crippen molar-refractivity contribution in [1.29, 1.82) is 0 Å². The summed E-state index contributed by atoms with van der Waals surface area (Å²) in [6.07, 6.45) is 5.36. The number of nitrogens with one attached hydrogen (secondary N) is 1. The number of thiophene rings is 1. The maximum absolute atomic E-state index is 5.54. The van der Waals surface area contributed by atoms with Crippen molar-refractivity contribution in [3.05, 3.63) is 22.4 Å². The van der Waals surface area contributed by atoms with Gasteiger partial charge in [0.25, 0.3) is 0 Å². The van der Waals surface area contributed by atoms with E-state index in [4.69, 9.17) is 4.74 Å². The van der Waals surface area contributed by atoms with Crippen molar-refractivity contribution in [3.8, 4) is 0 Å². The van der Waals surface area contributed by atoms with Crippen LogP contribution in [0.4, 0.5) is 0 Å². The number of hydrogen-bond donors (Lipinski definition) is 1. The van der Waals surface area contributed by atoms with Crippen molar-refractivity contribution < 1.29 is 4.74 Å². The van der Waals surface area contributed by atoms with Crippen molar-refractivity contribution in [2.45, 2.75) is 31.7 Å². The van der Waals surface area contributed by atoms with Gasteiger partial charge in [-0.25, -0.2) is 0 Å². The van der Waals surface area contributed by atoms with E-state index in [9.17, 15) is 0 Å². The van der Waals surface area contributed by atoms with E-state index in [0.717, 1.165) is 31.6 Å². The first-order valence-corrected chi connectivity index (χ1v) is 7.66. The predicted molar refractivity (Wildman–Crippen MR) is 71.3 cm³/mol. The van der Waals surface area contributed by atoms with Gasteiger partial charge in [0, 0.05) is 24.1 Å². The van der Waals surface area contributed by atoms with Crippen LogP contribution in [0.25, 0.3) is 0 Å². The molecule has 1 aliphatic carbocycles. The number of hydrogen-bond acceptors (Lipinski definition) is 3. The Balaban J connectivity index is 1.54. The Morgan fingerprint density at radius 2 is 2.35 bits per heavy atom. The molecule has 17 heavy (non-hydrogen) atoms. The van der Waals surface area contributed by atoms with E-state index >= 15 is 0 Å². The molecule has 1 saturated heterocycles. The molecule has 2 heterocycles. The van der Waals surface area contributed by atoms with E-state index in [1.165, 1.54) is 30.6 Å². The van der Waals surface area contributed by atoms with Crippen molar-refractivity contribution in [1.82, 2.24) is 5.32 Å². The lowest BCUT2D eigenvalue weighted by Gasteiger charge is -2.25. The minimum atomic E-state index is 0.608. The van der Waals surface area contributed by atoms with Gasteiger partial charge in [-0.3, -0.25) is 0 Å². The maximum atomic E-state index is 5.54. The smallest absolute Gasteiger partial charge is 0.0506 e. The first-order chi connectivity index (χ1) is 8.43. The summed E-state index contributed by atoms with van der Waals surface area (Å²) in [7, 11) is 0. The molecular weight excluding hydrogens is 230 g/mol. The molecule has 1 aliphatic heterocycles. The van der Waals surface area contributed by atoms with Gasteiger partial charge in [0.2, 0.25) is 0 Å². The zero-order chi connectivity index (χ0) is 11.5. The quantitative estimate of drug-likeness (QED) is 0.867. The van der Waals surface area contributed by atoms with Crippen LogP contribution in [0.3, 0.4) is 0 Å². The predicted octanol–water partition coefficient (Wildman–Crippen LogP) is 3.22. The van der Waals surface area contributed by atoms with E-state index in [-0.39, 0.29) is 0 Å². The molecule has 3 rings (SSSR count). The molecule has 0 radical (unpaired) electrons. The van der Waals surface area contributed by atoms with Crippen LogP contribution in [0.1, 0.15) is 36.6 Å². The summed E-state index contributed by atoms with van der Waals surface area (Å²) in [5, 5.41) is 5.97. The second-order valence-electron chi connectivity index (χ2n) is 5.32. The van der Waals surface area contributed by atoms with E-state index in [1.807, 2.05) is 11.3 Å².